The van der Waals surface area contributed by atoms with Gasteiger partial charge in [-0.25, -0.2) is 9.37 Å². The Bertz CT molecular complexity index is 741. The van der Waals surface area contributed by atoms with Crippen LogP contribution in [0.25, 0.3) is 22.6 Å². The summed E-state index contributed by atoms with van der Waals surface area (Å²) in [5, 5.41) is 0. The molecule has 4 N–H and O–H groups in total. The number of fused-ring (bicyclic) bond motifs is 1. The summed E-state index contributed by atoms with van der Waals surface area (Å²) in [6, 6.07) is 8.14. The van der Waals surface area contributed by atoms with Gasteiger partial charge in [0.2, 0.25) is 5.89 Å². The zero-order chi connectivity index (χ0) is 13.6. The highest BCUT2D eigenvalue weighted by molar-refractivity contribution is 5.80. The second-order valence-electron chi connectivity index (χ2n) is 4.43. The van der Waals surface area contributed by atoms with Crippen LogP contribution in [0.15, 0.2) is 34.7 Å². The number of aromatic nitrogens is 1. The van der Waals surface area contributed by atoms with E-state index >= 15 is 0 Å². The highest BCUT2D eigenvalue weighted by Crippen LogP contribution is 2.29. The van der Waals surface area contributed by atoms with E-state index in [9.17, 15) is 4.39 Å². The Morgan fingerprint density at radius 1 is 1.16 bits per heavy atom. The third kappa shape index (κ3) is 1.89. The van der Waals surface area contributed by atoms with Crippen LogP contribution in [0.5, 0.6) is 0 Å². The van der Waals surface area contributed by atoms with Crippen molar-refractivity contribution in [1.29, 1.82) is 0 Å². The minimum absolute atomic E-state index is 0.0568. The molecule has 0 spiro atoms. The molecular formula is C14H12FN3O. The average molecular weight is 257 g/mol. The highest BCUT2D eigenvalue weighted by atomic mass is 19.1. The van der Waals surface area contributed by atoms with Gasteiger partial charge in [-0.2, -0.15) is 0 Å². The first-order chi connectivity index (χ1) is 9.04. The van der Waals surface area contributed by atoms with E-state index in [-0.39, 0.29) is 5.69 Å². The maximum absolute atomic E-state index is 13.4. The van der Waals surface area contributed by atoms with E-state index in [1.807, 2.05) is 19.1 Å². The van der Waals surface area contributed by atoms with Crippen LogP contribution < -0.4 is 11.5 Å². The quantitative estimate of drug-likeness (QED) is 0.656. The van der Waals surface area contributed by atoms with Crippen molar-refractivity contribution in [3.63, 3.8) is 0 Å². The summed E-state index contributed by atoms with van der Waals surface area (Å²) < 4.78 is 18.9. The largest absolute Gasteiger partial charge is 0.436 e. The van der Waals surface area contributed by atoms with Crippen molar-refractivity contribution in [3.8, 4) is 11.5 Å². The molecule has 4 nitrogen and oxygen atoms in total. The molecule has 1 heterocycles. The first-order valence-corrected chi connectivity index (χ1v) is 5.76. The van der Waals surface area contributed by atoms with Gasteiger partial charge in [-0.3, -0.25) is 0 Å². The van der Waals surface area contributed by atoms with E-state index in [4.69, 9.17) is 15.9 Å². The third-order valence-electron chi connectivity index (χ3n) is 2.99. The maximum atomic E-state index is 13.4. The summed E-state index contributed by atoms with van der Waals surface area (Å²) in [5.74, 6) is -0.0817. The lowest BCUT2D eigenvalue weighted by Crippen LogP contribution is -1.89. The van der Waals surface area contributed by atoms with Crippen molar-refractivity contribution in [3.05, 3.63) is 41.7 Å². The van der Waals surface area contributed by atoms with Gasteiger partial charge in [-0.1, -0.05) is 0 Å². The summed E-state index contributed by atoms with van der Waals surface area (Å²) in [6.07, 6.45) is 0. The number of anilines is 2. The molecule has 2 aromatic carbocycles. The van der Waals surface area contributed by atoms with Gasteiger partial charge in [-0.05, 0) is 36.8 Å². The molecule has 0 bridgehead atoms. The minimum atomic E-state index is -0.510. The molecule has 96 valence electrons. The van der Waals surface area contributed by atoms with Gasteiger partial charge in [0.05, 0.1) is 5.69 Å². The third-order valence-corrected chi connectivity index (χ3v) is 2.99. The SMILES string of the molecule is Cc1cc(N)ccc1-c1nc2cc(N)c(F)cc2o1. The standard InChI is InChI=1S/C14H12FN3O/c1-7-4-8(16)2-3-9(7)14-18-12-6-11(17)10(15)5-13(12)19-14/h2-6H,16-17H2,1H3. The van der Waals surface area contributed by atoms with Crippen LogP contribution in [0.2, 0.25) is 0 Å². The fourth-order valence-electron chi connectivity index (χ4n) is 2.01. The molecule has 0 fully saturated rings. The molecule has 3 aromatic rings. The smallest absolute Gasteiger partial charge is 0.227 e. The van der Waals surface area contributed by atoms with E-state index in [0.29, 0.717) is 22.7 Å². The van der Waals surface area contributed by atoms with E-state index in [2.05, 4.69) is 4.98 Å². The molecule has 0 unspecified atom stereocenters. The van der Waals surface area contributed by atoms with Gasteiger partial charge in [-0.15, -0.1) is 0 Å². The summed E-state index contributed by atoms with van der Waals surface area (Å²) in [7, 11) is 0. The number of hydrogen-bond acceptors (Lipinski definition) is 4. The van der Waals surface area contributed by atoms with Gasteiger partial charge in [0, 0.05) is 17.3 Å². The summed E-state index contributed by atoms with van der Waals surface area (Å²) >= 11 is 0. The number of nitrogen functional groups attached to an aromatic ring is 2. The van der Waals surface area contributed by atoms with Crippen molar-refractivity contribution < 1.29 is 8.81 Å². The Labute approximate surface area is 108 Å². The number of benzene rings is 2. The molecule has 1 aromatic heterocycles. The summed E-state index contributed by atoms with van der Waals surface area (Å²) in [4.78, 5) is 4.32. The Kier molecular flexibility index (Phi) is 2.41. The van der Waals surface area contributed by atoms with Crippen molar-refractivity contribution in [1.82, 2.24) is 4.98 Å². The Morgan fingerprint density at radius 3 is 2.68 bits per heavy atom. The lowest BCUT2D eigenvalue weighted by atomic mass is 10.1. The molecule has 0 atom stereocenters. The molecule has 19 heavy (non-hydrogen) atoms. The van der Waals surface area contributed by atoms with E-state index < -0.39 is 5.82 Å². The predicted molar refractivity (Wildman–Crippen MR) is 73.0 cm³/mol. The fraction of sp³-hybridized carbons (Fsp3) is 0.0714. The molecule has 3 rings (SSSR count). The lowest BCUT2D eigenvalue weighted by Gasteiger charge is -2.01. The normalized spacial score (nSPS) is 11.1. The van der Waals surface area contributed by atoms with Crippen LogP contribution in [0.4, 0.5) is 15.8 Å². The lowest BCUT2D eigenvalue weighted by molar-refractivity contribution is 0.604. The zero-order valence-electron chi connectivity index (χ0n) is 10.3. The van der Waals surface area contributed by atoms with Crippen molar-refractivity contribution >= 4 is 22.5 Å². The van der Waals surface area contributed by atoms with Crippen molar-refractivity contribution in [2.75, 3.05) is 11.5 Å². The Morgan fingerprint density at radius 2 is 1.95 bits per heavy atom. The van der Waals surface area contributed by atoms with Crippen molar-refractivity contribution in [2.24, 2.45) is 0 Å². The van der Waals surface area contributed by atoms with Crippen LogP contribution in [0, 0.1) is 12.7 Å². The summed E-state index contributed by atoms with van der Waals surface area (Å²) in [5.41, 5.74) is 14.6. The number of aryl methyl sites for hydroxylation is 1. The van der Waals surface area contributed by atoms with Crippen LogP contribution in [-0.4, -0.2) is 4.98 Å². The van der Waals surface area contributed by atoms with Crippen LogP contribution in [0.1, 0.15) is 5.56 Å². The molecule has 0 saturated heterocycles. The highest BCUT2D eigenvalue weighted by Gasteiger charge is 2.12. The average Bonchev–Trinajstić information content (AvgIpc) is 2.72. The molecule has 0 radical (unpaired) electrons. The molecule has 5 heteroatoms. The number of halogens is 1. The molecule has 0 aliphatic carbocycles. The number of nitrogens with zero attached hydrogens (tertiary/aromatic N) is 1. The van der Waals surface area contributed by atoms with E-state index in [0.717, 1.165) is 11.1 Å². The maximum Gasteiger partial charge on any atom is 0.227 e. The number of hydrogen-bond donors (Lipinski definition) is 2. The van der Waals surface area contributed by atoms with Crippen LogP contribution in [-0.2, 0) is 0 Å². The fourth-order valence-corrected chi connectivity index (χ4v) is 2.01. The molecule has 0 amide bonds. The first-order valence-electron chi connectivity index (χ1n) is 5.76. The van der Waals surface area contributed by atoms with Gasteiger partial charge in [0.1, 0.15) is 11.3 Å². The Balaban J connectivity index is 2.20. The van der Waals surface area contributed by atoms with Gasteiger partial charge in [0.25, 0.3) is 0 Å². The predicted octanol–water partition coefficient (Wildman–Crippen LogP) is 3.11. The topological polar surface area (TPSA) is 78.1 Å². The van der Waals surface area contributed by atoms with Gasteiger partial charge in [0.15, 0.2) is 5.58 Å². The second kappa shape index (κ2) is 3.98. The van der Waals surface area contributed by atoms with Crippen LogP contribution >= 0.6 is 0 Å². The minimum Gasteiger partial charge on any atom is -0.436 e. The molecular weight excluding hydrogens is 245 g/mol. The van der Waals surface area contributed by atoms with Gasteiger partial charge >= 0.3 is 0 Å². The number of rotatable bonds is 1. The van der Waals surface area contributed by atoms with E-state index in [1.165, 1.54) is 12.1 Å². The second-order valence-corrected chi connectivity index (χ2v) is 4.43. The number of nitrogens with two attached hydrogens (primary N) is 2. The van der Waals surface area contributed by atoms with Crippen molar-refractivity contribution in [2.45, 2.75) is 6.92 Å². The van der Waals surface area contributed by atoms with E-state index in [1.54, 1.807) is 6.07 Å². The zero-order valence-corrected chi connectivity index (χ0v) is 10.3. The first kappa shape index (κ1) is 11.5. The van der Waals surface area contributed by atoms with Gasteiger partial charge < -0.3 is 15.9 Å². The summed E-state index contributed by atoms with van der Waals surface area (Å²) in [6.45, 7) is 1.91. The molecule has 0 aliphatic rings. The molecule has 0 aliphatic heterocycles. The van der Waals surface area contributed by atoms with Crippen LogP contribution in [0.3, 0.4) is 0 Å². The Hall–Kier alpha value is -2.56. The number of oxazole rings is 1. The molecule has 0 saturated carbocycles. The monoisotopic (exact) mass is 257 g/mol.